The molecule has 5 heteroatoms. The van der Waals surface area contributed by atoms with Gasteiger partial charge in [-0.15, -0.1) is 0 Å². The topological polar surface area (TPSA) is 67.0 Å². The normalized spacial score (nSPS) is 10.6. The van der Waals surface area contributed by atoms with Crippen LogP contribution in [0.1, 0.15) is 16.1 Å². The molecule has 0 aliphatic carbocycles. The standard InChI is InChI=1S/C21H17N3O2/c25-21(22-14-19-16-10-4-6-12-18(16)23-24-19)17-11-5-7-13-20(17)26-15-8-2-1-3-9-15/h1-13H,14H2,(H,22,25)(H,23,24). The van der Waals surface area contributed by atoms with Crippen molar-refractivity contribution >= 4 is 16.8 Å². The molecule has 1 heterocycles. The number of hydrogen-bond acceptors (Lipinski definition) is 3. The number of carbonyl (C=O) groups is 1. The van der Waals surface area contributed by atoms with Crippen molar-refractivity contribution < 1.29 is 9.53 Å². The maximum Gasteiger partial charge on any atom is 0.255 e. The minimum atomic E-state index is -0.199. The number of aromatic nitrogens is 2. The maximum absolute atomic E-state index is 12.7. The molecule has 0 spiro atoms. The van der Waals surface area contributed by atoms with Crippen LogP contribution in [0.25, 0.3) is 10.9 Å². The summed E-state index contributed by atoms with van der Waals surface area (Å²) in [5.41, 5.74) is 2.24. The highest BCUT2D eigenvalue weighted by atomic mass is 16.5. The van der Waals surface area contributed by atoms with E-state index in [1.165, 1.54) is 0 Å². The van der Waals surface area contributed by atoms with Gasteiger partial charge in [0.25, 0.3) is 5.91 Å². The summed E-state index contributed by atoms with van der Waals surface area (Å²) in [6.07, 6.45) is 0. The molecule has 26 heavy (non-hydrogen) atoms. The third-order valence-electron chi connectivity index (χ3n) is 4.07. The molecule has 2 N–H and O–H groups in total. The van der Waals surface area contributed by atoms with E-state index in [1.807, 2.05) is 66.7 Å². The van der Waals surface area contributed by atoms with E-state index in [2.05, 4.69) is 15.5 Å². The van der Waals surface area contributed by atoms with Crippen molar-refractivity contribution in [2.24, 2.45) is 0 Å². The second kappa shape index (κ2) is 7.11. The van der Waals surface area contributed by atoms with E-state index in [0.29, 0.717) is 23.6 Å². The van der Waals surface area contributed by atoms with Gasteiger partial charge in [-0.25, -0.2) is 0 Å². The van der Waals surface area contributed by atoms with Gasteiger partial charge in [-0.3, -0.25) is 9.89 Å². The molecule has 0 fully saturated rings. The van der Waals surface area contributed by atoms with Gasteiger partial charge < -0.3 is 10.1 Å². The van der Waals surface area contributed by atoms with Crippen LogP contribution in [-0.2, 0) is 6.54 Å². The summed E-state index contributed by atoms with van der Waals surface area (Å²) in [5, 5.41) is 11.2. The van der Waals surface area contributed by atoms with Crippen LogP contribution >= 0.6 is 0 Å². The third-order valence-corrected chi connectivity index (χ3v) is 4.07. The van der Waals surface area contributed by atoms with E-state index >= 15 is 0 Å². The molecule has 0 saturated heterocycles. The number of ether oxygens (including phenoxy) is 1. The lowest BCUT2D eigenvalue weighted by Crippen LogP contribution is -2.23. The zero-order chi connectivity index (χ0) is 17.8. The fourth-order valence-corrected chi connectivity index (χ4v) is 2.77. The number of para-hydroxylation sites is 3. The van der Waals surface area contributed by atoms with Crippen LogP contribution in [0, 0.1) is 0 Å². The number of fused-ring (bicyclic) bond motifs is 1. The minimum absolute atomic E-state index is 0.199. The van der Waals surface area contributed by atoms with Crippen LogP contribution in [0.15, 0.2) is 78.9 Å². The molecule has 0 atom stereocenters. The molecular formula is C21H17N3O2. The van der Waals surface area contributed by atoms with Gasteiger partial charge in [0.05, 0.1) is 23.3 Å². The Labute approximate surface area is 150 Å². The highest BCUT2D eigenvalue weighted by Gasteiger charge is 2.13. The Morgan fingerprint density at radius 2 is 1.65 bits per heavy atom. The zero-order valence-corrected chi connectivity index (χ0v) is 14.0. The number of amides is 1. The number of benzene rings is 3. The summed E-state index contributed by atoms with van der Waals surface area (Å²) < 4.78 is 5.86. The van der Waals surface area contributed by atoms with Crippen molar-refractivity contribution in [3.05, 3.63) is 90.1 Å². The van der Waals surface area contributed by atoms with Gasteiger partial charge in [-0.2, -0.15) is 5.10 Å². The lowest BCUT2D eigenvalue weighted by atomic mass is 10.1. The van der Waals surface area contributed by atoms with Gasteiger partial charge >= 0.3 is 0 Å². The smallest absolute Gasteiger partial charge is 0.255 e. The molecule has 0 saturated carbocycles. The van der Waals surface area contributed by atoms with Crippen molar-refractivity contribution in [1.82, 2.24) is 15.5 Å². The molecule has 0 aliphatic heterocycles. The molecule has 1 aromatic heterocycles. The van der Waals surface area contributed by atoms with Gasteiger partial charge in [0, 0.05) is 5.39 Å². The predicted octanol–water partition coefficient (Wildman–Crippen LogP) is 4.29. The Hall–Kier alpha value is -3.60. The summed E-state index contributed by atoms with van der Waals surface area (Å²) in [4.78, 5) is 12.7. The largest absolute Gasteiger partial charge is 0.457 e. The Kier molecular flexibility index (Phi) is 4.35. The highest BCUT2D eigenvalue weighted by Crippen LogP contribution is 2.25. The quantitative estimate of drug-likeness (QED) is 0.568. The summed E-state index contributed by atoms with van der Waals surface area (Å²) in [5.74, 6) is 1.01. The van der Waals surface area contributed by atoms with E-state index in [9.17, 15) is 4.79 Å². The molecule has 5 nitrogen and oxygen atoms in total. The van der Waals surface area contributed by atoms with Gasteiger partial charge in [0.1, 0.15) is 11.5 Å². The molecular weight excluding hydrogens is 326 g/mol. The number of hydrogen-bond donors (Lipinski definition) is 2. The number of H-pyrrole nitrogens is 1. The Morgan fingerprint density at radius 3 is 2.54 bits per heavy atom. The first kappa shape index (κ1) is 15.9. The van der Waals surface area contributed by atoms with E-state index in [0.717, 1.165) is 16.6 Å². The first-order chi connectivity index (χ1) is 12.8. The molecule has 4 aromatic rings. The second-order valence-corrected chi connectivity index (χ2v) is 5.81. The molecule has 0 unspecified atom stereocenters. The van der Waals surface area contributed by atoms with Crippen molar-refractivity contribution in [1.29, 1.82) is 0 Å². The highest BCUT2D eigenvalue weighted by molar-refractivity contribution is 5.97. The minimum Gasteiger partial charge on any atom is -0.457 e. The van der Waals surface area contributed by atoms with Crippen molar-refractivity contribution in [2.75, 3.05) is 0 Å². The Balaban J connectivity index is 1.51. The monoisotopic (exact) mass is 343 g/mol. The summed E-state index contributed by atoms with van der Waals surface area (Å²) in [7, 11) is 0. The van der Waals surface area contributed by atoms with Crippen molar-refractivity contribution in [2.45, 2.75) is 6.54 Å². The van der Waals surface area contributed by atoms with Crippen LogP contribution < -0.4 is 10.1 Å². The molecule has 1 amide bonds. The average molecular weight is 343 g/mol. The van der Waals surface area contributed by atoms with E-state index in [-0.39, 0.29) is 5.91 Å². The van der Waals surface area contributed by atoms with Gasteiger partial charge in [0.2, 0.25) is 0 Å². The van der Waals surface area contributed by atoms with Gasteiger partial charge in [0.15, 0.2) is 0 Å². The third kappa shape index (κ3) is 3.28. The summed E-state index contributed by atoms with van der Waals surface area (Å²) in [6, 6.07) is 24.4. The summed E-state index contributed by atoms with van der Waals surface area (Å²) in [6.45, 7) is 0.360. The molecule has 3 aromatic carbocycles. The van der Waals surface area contributed by atoms with Gasteiger partial charge in [-0.1, -0.05) is 48.5 Å². The van der Waals surface area contributed by atoms with E-state index in [4.69, 9.17) is 4.74 Å². The Morgan fingerprint density at radius 1 is 0.923 bits per heavy atom. The van der Waals surface area contributed by atoms with Crippen LogP contribution in [0.4, 0.5) is 0 Å². The number of nitrogens with zero attached hydrogens (tertiary/aromatic N) is 1. The zero-order valence-electron chi connectivity index (χ0n) is 14.0. The van der Waals surface area contributed by atoms with Gasteiger partial charge in [-0.05, 0) is 30.3 Å². The van der Waals surface area contributed by atoms with Crippen LogP contribution in [0.5, 0.6) is 11.5 Å². The second-order valence-electron chi connectivity index (χ2n) is 5.81. The molecule has 0 radical (unpaired) electrons. The van der Waals surface area contributed by atoms with E-state index < -0.39 is 0 Å². The fraction of sp³-hybridized carbons (Fsp3) is 0.0476. The molecule has 0 bridgehead atoms. The molecule has 0 aliphatic rings. The average Bonchev–Trinajstić information content (AvgIpc) is 3.10. The Bertz CT molecular complexity index is 1040. The first-order valence-electron chi connectivity index (χ1n) is 8.33. The van der Waals surface area contributed by atoms with Crippen LogP contribution in [-0.4, -0.2) is 16.1 Å². The SMILES string of the molecule is O=C(NCc1[nH]nc2ccccc12)c1ccccc1Oc1ccccc1. The predicted molar refractivity (Wildman–Crippen MR) is 100 cm³/mol. The first-order valence-corrected chi connectivity index (χ1v) is 8.33. The fourth-order valence-electron chi connectivity index (χ4n) is 2.77. The maximum atomic E-state index is 12.7. The summed E-state index contributed by atoms with van der Waals surface area (Å²) >= 11 is 0. The van der Waals surface area contributed by atoms with Crippen molar-refractivity contribution in [3.63, 3.8) is 0 Å². The molecule has 128 valence electrons. The molecule has 4 rings (SSSR count). The lowest BCUT2D eigenvalue weighted by Gasteiger charge is -2.11. The number of carbonyl (C=O) groups excluding carboxylic acids is 1. The lowest BCUT2D eigenvalue weighted by molar-refractivity contribution is 0.0948. The van der Waals surface area contributed by atoms with E-state index in [1.54, 1.807) is 12.1 Å². The van der Waals surface area contributed by atoms with Crippen LogP contribution in [0.2, 0.25) is 0 Å². The van der Waals surface area contributed by atoms with Crippen molar-refractivity contribution in [3.8, 4) is 11.5 Å². The number of rotatable bonds is 5. The van der Waals surface area contributed by atoms with Crippen LogP contribution in [0.3, 0.4) is 0 Å². The number of aromatic amines is 1. The number of nitrogens with one attached hydrogen (secondary N) is 2.